The zero-order valence-electron chi connectivity index (χ0n) is 20.9. The SMILES string of the molecule is CCN1C[C@]2(CO)CC[C@H](OC)[C@@]34[C@@H]2[C@H](OC)[C@@](O)([C@@H]13)[C@@]1(O)C[C@H](OC)[C@H]2CC4(O)[C@@H]1[C@H]2OC. The van der Waals surface area contributed by atoms with E-state index in [0.29, 0.717) is 32.4 Å². The first-order valence-corrected chi connectivity index (χ1v) is 12.8. The zero-order valence-corrected chi connectivity index (χ0v) is 20.9. The van der Waals surface area contributed by atoms with E-state index in [1.165, 1.54) is 0 Å². The number of hydrogen-bond donors (Lipinski definition) is 4. The van der Waals surface area contributed by atoms with E-state index in [1.54, 1.807) is 28.4 Å². The Bertz CT molecular complexity index is 861. The largest absolute Gasteiger partial charge is 0.396 e. The smallest absolute Gasteiger partial charge is 0.136 e. The summed E-state index contributed by atoms with van der Waals surface area (Å²) in [5.41, 5.74) is -6.34. The van der Waals surface area contributed by atoms with Gasteiger partial charge in [0.05, 0.1) is 48.1 Å². The van der Waals surface area contributed by atoms with Crippen LogP contribution in [0.5, 0.6) is 0 Å². The number of hydrogen-bond acceptors (Lipinski definition) is 9. The molecular formula is C25H41NO8. The zero-order chi connectivity index (χ0) is 24.5. The van der Waals surface area contributed by atoms with Crippen LogP contribution in [0.2, 0.25) is 0 Å². The van der Waals surface area contributed by atoms with Crippen molar-refractivity contribution >= 4 is 0 Å². The van der Waals surface area contributed by atoms with Gasteiger partial charge >= 0.3 is 0 Å². The molecule has 13 atom stereocenters. The van der Waals surface area contributed by atoms with Gasteiger partial charge in [0.1, 0.15) is 11.2 Å². The van der Waals surface area contributed by atoms with Gasteiger partial charge in [-0.15, -0.1) is 0 Å². The molecule has 6 fully saturated rings. The molecule has 1 saturated heterocycles. The van der Waals surface area contributed by atoms with E-state index in [-0.39, 0.29) is 37.1 Å². The van der Waals surface area contributed by atoms with Gasteiger partial charge in [-0.05, 0) is 25.8 Å². The summed E-state index contributed by atoms with van der Waals surface area (Å²) in [6.07, 6.45) is -0.0670. The molecule has 0 radical (unpaired) electrons. The van der Waals surface area contributed by atoms with E-state index >= 15 is 0 Å². The van der Waals surface area contributed by atoms with E-state index in [2.05, 4.69) is 4.90 Å². The van der Waals surface area contributed by atoms with E-state index < -0.39 is 51.8 Å². The van der Waals surface area contributed by atoms with Crippen molar-refractivity contribution in [1.29, 1.82) is 0 Å². The lowest BCUT2D eigenvalue weighted by atomic mass is 9.41. The molecule has 1 unspecified atom stereocenters. The molecule has 1 aliphatic heterocycles. The van der Waals surface area contributed by atoms with Crippen molar-refractivity contribution < 1.29 is 39.4 Å². The molecule has 0 amide bonds. The number of likely N-dealkylation sites (N-methyl/N-ethyl adjacent to an activating group) is 1. The van der Waals surface area contributed by atoms with Gasteiger partial charge < -0.3 is 39.4 Å². The number of likely N-dealkylation sites (tertiary alicyclic amines) is 1. The highest BCUT2D eigenvalue weighted by molar-refractivity contribution is 5.45. The van der Waals surface area contributed by atoms with Crippen LogP contribution in [-0.4, -0.2) is 121 Å². The van der Waals surface area contributed by atoms with Gasteiger partial charge in [-0.25, -0.2) is 0 Å². The molecule has 5 saturated carbocycles. The summed E-state index contributed by atoms with van der Waals surface area (Å²) in [7, 11) is 6.48. The van der Waals surface area contributed by atoms with Crippen molar-refractivity contribution in [3.8, 4) is 0 Å². The summed E-state index contributed by atoms with van der Waals surface area (Å²) in [6, 6.07) is -0.594. The molecule has 0 aromatic rings. The lowest BCUT2D eigenvalue weighted by Gasteiger charge is -2.72. The summed E-state index contributed by atoms with van der Waals surface area (Å²) < 4.78 is 24.2. The molecule has 194 valence electrons. The second-order valence-electron chi connectivity index (χ2n) is 12.0. The summed E-state index contributed by atoms with van der Waals surface area (Å²) in [5, 5.41) is 49.7. The van der Waals surface area contributed by atoms with Crippen LogP contribution in [0.4, 0.5) is 0 Å². The van der Waals surface area contributed by atoms with Gasteiger partial charge in [-0.3, -0.25) is 4.90 Å². The van der Waals surface area contributed by atoms with Crippen LogP contribution in [0.25, 0.3) is 0 Å². The maximum Gasteiger partial charge on any atom is 0.136 e. The maximum atomic E-state index is 13.1. The highest BCUT2D eigenvalue weighted by Crippen LogP contribution is 2.81. The van der Waals surface area contributed by atoms with Crippen LogP contribution in [0, 0.1) is 28.6 Å². The fraction of sp³-hybridized carbons (Fsp3) is 1.00. The molecule has 6 aliphatic rings. The number of rotatable bonds is 6. The van der Waals surface area contributed by atoms with Gasteiger partial charge in [0.2, 0.25) is 0 Å². The lowest BCUT2D eigenvalue weighted by molar-refractivity contribution is -0.357. The normalized spacial score (nSPS) is 61.7. The Hall–Kier alpha value is -0.360. The molecule has 7 bridgehead atoms. The Morgan fingerprint density at radius 1 is 0.912 bits per heavy atom. The Kier molecular flexibility index (Phi) is 5.04. The van der Waals surface area contributed by atoms with Crippen molar-refractivity contribution in [1.82, 2.24) is 4.90 Å². The summed E-state index contributed by atoms with van der Waals surface area (Å²) in [6.45, 7) is 3.15. The topological polar surface area (TPSA) is 121 Å². The van der Waals surface area contributed by atoms with E-state index in [4.69, 9.17) is 18.9 Å². The quantitative estimate of drug-likeness (QED) is 0.392. The number of piperidine rings is 1. The first-order chi connectivity index (χ1) is 16.2. The number of fused-ring (bicyclic) bond motifs is 2. The predicted molar refractivity (Wildman–Crippen MR) is 120 cm³/mol. The van der Waals surface area contributed by atoms with Crippen LogP contribution in [0.15, 0.2) is 0 Å². The molecule has 9 nitrogen and oxygen atoms in total. The van der Waals surface area contributed by atoms with E-state index in [9.17, 15) is 20.4 Å². The molecule has 1 heterocycles. The third kappa shape index (κ3) is 2.08. The third-order valence-electron chi connectivity index (χ3n) is 11.7. The Labute approximate surface area is 201 Å². The molecule has 1 spiro atoms. The average Bonchev–Trinajstić information content (AvgIpc) is 3.20. The van der Waals surface area contributed by atoms with Gasteiger partial charge in [-0.2, -0.15) is 0 Å². The second kappa shape index (κ2) is 7.14. The molecule has 4 N–H and O–H groups in total. The Morgan fingerprint density at radius 3 is 2.21 bits per heavy atom. The molecule has 6 rings (SSSR count). The van der Waals surface area contributed by atoms with Gasteiger partial charge in [-0.1, -0.05) is 6.92 Å². The minimum atomic E-state index is -1.71. The number of aliphatic hydroxyl groups is 4. The van der Waals surface area contributed by atoms with E-state index in [0.717, 1.165) is 0 Å². The molecule has 0 aromatic carbocycles. The minimum absolute atomic E-state index is 0.0774. The lowest BCUT2D eigenvalue weighted by Crippen LogP contribution is -2.86. The van der Waals surface area contributed by atoms with Crippen molar-refractivity contribution in [2.24, 2.45) is 28.6 Å². The minimum Gasteiger partial charge on any atom is -0.396 e. The summed E-state index contributed by atoms with van der Waals surface area (Å²) >= 11 is 0. The number of nitrogens with zero attached hydrogens (tertiary/aromatic N) is 1. The third-order valence-corrected chi connectivity index (χ3v) is 11.7. The number of ether oxygens (including phenoxy) is 4. The van der Waals surface area contributed by atoms with Crippen LogP contribution < -0.4 is 0 Å². The standard InChI is InChI=1S/C25H41NO8/c1-6-26-11-21(12-27)8-7-15(32-3)24-18(21)19(34-5)25(30,20(24)26)23(29)10-14(31-2)13-9-22(24,28)17(23)16(13)33-4/h13-20,27-30H,6-12H2,1-5H3/t13-,14+,15+,16+,17+,18-,19+,20+,21+,22?,23-,24-,25-/m1/s1. The van der Waals surface area contributed by atoms with Gasteiger partial charge in [0, 0.05) is 64.6 Å². The maximum absolute atomic E-state index is 13.1. The molecule has 9 heteroatoms. The fourth-order valence-corrected chi connectivity index (χ4v) is 11.0. The average molecular weight is 484 g/mol. The van der Waals surface area contributed by atoms with Gasteiger partial charge in [0.25, 0.3) is 0 Å². The first kappa shape index (κ1) is 24.0. The molecular weight excluding hydrogens is 442 g/mol. The summed E-state index contributed by atoms with van der Waals surface area (Å²) in [4.78, 5) is 2.18. The Morgan fingerprint density at radius 2 is 1.65 bits per heavy atom. The van der Waals surface area contributed by atoms with Crippen molar-refractivity contribution in [3.05, 3.63) is 0 Å². The van der Waals surface area contributed by atoms with Crippen LogP contribution in [0.3, 0.4) is 0 Å². The monoisotopic (exact) mass is 483 g/mol. The van der Waals surface area contributed by atoms with Crippen molar-refractivity contribution in [2.75, 3.05) is 48.1 Å². The molecule has 5 aliphatic carbocycles. The van der Waals surface area contributed by atoms with Crippen molar-refractivity contribution in [2.45, 2.75) is 79.9 Å². The van der Waals surface area contributed by atoms with Crippen LogP contribution in [0.1, 0.15) is 32.6 Å². The number of methoxy groups -OCH3 is 4. The fourth-order valence-electron chi connectivity index (χ4n) is 11.0. The highest BCUT2D eigenvalue weighted by atomic mass is 16.5. The van der Waals surface area contributed by atoms with Crippen LogP contribution in [-0.2, 0) is 18.9 Å². The Balaban J connectivity index is 1.73. The number of aliphatic hydroxyl groups excluding tert-OH is 1. The molecule has 34 heavy (non-hydrogen) atoms. The summed E-state index contributed by atoms with van der Waals surface area (Å²) in [5.74, 6) is -1.24. The van der Waals surface area contributed by atoms with Gasteiger partial charge in [0.15, 0.2) is 0 Å². The van der Waals surface area contributed by atoms with E-state index in [1.807, 2.05) is 6.92 Å². The predicted octanol–water partition coefficient (Wildman–Crippen LogP) is -0.614. The van der Waals surface area contributed by atoms with Crippen molar-refractivity contribution in [3.63, 3.8) is 0 Å². The second-order valence-corrected chi connectivity index (χ2v) is 12.0. The highest BCUT2D eigenvalue weighted by Gasteiger charge is 2.95. The molecule has 0 aromatic heterocycles. The first-order valence-electron chi connectivity index (χ1n) is 12.8. The van der Waals surface area contributed by atoms with Crippen LogP contribution >= 0.6 is 0 Å².